The van der Waals surface area contributed by atoms with E-state index in [1.54, 1.807) is 12.1 Å². The molecule has 0 saturated heterocycles. The Labute approximate surface area is 94.8 Å². The van der Waals surface area contributed by atoms with Crippen LogP contribution in [0, 0.1) is 0 Å². The van der Waals surface area contributed by atoms with Gasteiger partial charge in [-0.05, 0) is 25.5 Å². The summed E-state index contributed by atoms with van der Waals surface area (Å²) in [5, 5.41) is 8.96. The number of benzene rings is 1. The molecule has 1 N–H and O–H groups in total. The summed E-state index contributed by atoms with van der Waals surface area (Å²) < 4.78 is 10.7. The van der Waals surface area contributed by atoms with Crippen LogP contribution < -0.4 is 9.47 Å². The normalized spacial score (nSPS) is 9.88. The second kappa shape index (κ2) is 6.00. The Bertz CT molecular complexity index is 360. The van der Waals surface area contributed by atoms with Crippen molar-refractivity contribution in [2.24, 2.45) is 0 Å². The standard InChI is InChI=1S/C12H16O4/c1-3-7-16-11-8-9(15-4-2)5-6-10(11)12(13)14/h5-6,8H,3-4,7H2,1-2H3,(H,13,14). The van der Waals surface area contributed by atoms with E-state index in [0.717, 1.165) is 6.42 Å². The molecule has 0 saturated carbocycles. The summed E-state index contributed by atoms with van der Waals surface area (Å²) >= 11 is 0. The Kier molecular flexibility index (Phi) is 4.64. The van der Waals surface area contributed by atoms with Gasteiger partial charge in [-0.25, -0.2) is 4.79 Å². The van der Waals surface area contributed by atoms with Gasteiger partial charge in [-0.15, -0.1) is 0 Å². The lowest BCUT2D eigenvalue weighted by Gasteiger charge is -2.10. The summed E-state index contributed by atoms with van der Waals surface area (Å²) in [4.78, 5) is 10.9. The first-order valence-electron chi connectivity index (χ1n) is 5.32. The molecule has 0 atom stereocenters. The molecule has 88 valence electrons. The van der Waals surface area contributed by atoms with Gasteiger partial charge in [0.1, 0.15) is 17.1 Å². The van der Waals surface area contributed by atoms with E-state index >= 15 is 0 Å². The molecule has 1 aromatic carbocycles. The molecule has 1 rings (SSSR count). The molecule has 0 bridgehead atoms. The van der Waals surface area contributed by atoms with E-state index < -0.39 is 5.97 Å². The molecule has 1 aromatic rings. The predicted molar refractivity (Wildman–Crippen MR) is 60.4 cm³/mol. The maximum atomic E-state index is 10.9. The summed E-state index contributed by atoms with van der Waals surface area (Å²) in [5.41, 5.74) is 0.164. The van der Waals surface area contributed by atoms with E-state index in [9.17, 15) is 4.79 Å². The summed E-state index contributed by atoms with van der Waals surface area (Å²) in [6, 6.07) is 4.74. The molecule has 0 spiro atoms. The number of carboxylic acids is 1. The van der Waals surface area contributed by atoms with Crippen LogP contribution in [0.25, 0.3) is 0 Å². The first kappa shape index (κ1) is 12.4. The van der Waals surface area contributed by atoms with E-state index in [1.807, 2.05) is 13.8 Å². The van der Waals surface area contributed by atoms with Crippen LogP contribution >= 0.6 is 0 Å². The van der Waals surface area contributed by atoms with Gasteiger partial charge in [0.15, 0.2) is 0 Å². The summed E-state index contributed by atoms with van der Waals surface area (Å²) in [6.07, 6.45) is 0.831. The van der Waals surface area contributed by atoms with Crippen LogP contribution in [-0.2, 0) is 0 Å². The molecule has 0 aliphatic heterocycles. The molecule has 0 radical (unpaired) electrons. The third-order valence-electron chi connectivity index (χ3n) is 1.96. The highest BCUT2D eigenvalue weighted by Gasteiger charge is 2.12. The molecule has 0 unspecified atom stereocenters. The number of ether oxygens (including phenoxy) is 2. The van der Waals surface area contributed by atoms with E-state index in [0.29, 0.717) is 24.7 Å². The smallest absolute Gasteiger partial charge is 0.339 e. The lowest BCUT2D eigenvalue weighted by Crippen LogP contribution is -2.04. The third kappa shape index (κ3) is 3.15. The Hall–Kier alpha value is -1.71. The van der Waals surface area contributed by atoms with Gasteiger partial charge in [0.25, 0.3) is 0 Å². The van der Waals surface area contributed by atoms with Gasteiger partial charge in [-0.1, -0.05) is 6.92 Å². The Balaban J connectivity index is 2.95. The highest BCUT2D eigenvalue weighted by atomic mass is 16.5. The lowest BCUT2D eigenvalue weighted by atomic mass is 10.2. The highest BCUT2D eigenvalue weighted by Crippen LogP contribution is 2.25. The molecule has 0 aliphatic carbocycles. The Morgan fingerprint density at radius 3 is 2.62 bits per heavy atom. The first-order valence-corrected chi connectivity index (χ1v) is 5.32. The molecule has 0 aromatic heterocycles. The average Bonchev–Trinajstić information content (AvgIpc) is 2.26. The molecule has 4 heteroatoms. The van der Waals surface area contributed by atoms with Crippen LogP contribution in [0.2, 0.25) is 0 Å². The molecule has 4 nitrogen and oxygen atoms in total. The fraction of sp³-hybridized carbons (Fsp3) is 0.417. The maximum absolute atomic E-state index is 10.9. The van der Waals surface area contributed by atoms with Crippen molar-refractivity contribution >= 4 is 5.97 Å². The van der Waals surface area contributed by atoms with Crippen molar-refractivity contribution in [2.75, 3.05) is 13.2 Å². The second-order valence-electron chi connectivity index (χ2n) is 3.24. The number of carbonyl (C=O) groups is 1. The number of aromatic carboxylic acids is 1. The van der Waals surface area contributed by atoms with Crippen LogP contribution in [0.3, 0.4) is 0 Å². The average molecular weight is 224 g/mol. The summed E-state index contributed by atoms with van der Waals surface area (Å²) in [6.45, 7) is 4.88. The van der Waals surface area contributed by atoms with Gasteiger partial charge >= 0.3 is 5.97 Å². The monoisotopic (exact) mass is 224 g/mol. The van der Waals surface area contributed by atoms with Crippen molar-refractivity contribution in [3.8, 4) is 11.5 Å². The fourth-order valence-electron chi connectivity index (χ4n) is 1.27. The minimum absolute atomic E-state index is 0.164. The van der Waals surface area contributed by atoms with E-state index in [-0.39, 0.29) is 5.56 Å². The van der Waals surface area contributed by atoms with Crippen LogP contribution in [0.4, 0.5) is 0 Å². The highest BCUT2D eigenvalue weighted by molar-refractivity contribution is 5.91. The zero-order chi connectivity index (χ0) is 12.0. The van der Waals surface area contributed by atoms with E-state index in [2.05, 4.69) is 0 Å². The van der Waals surface area contributed by atoms with Crippen molar-refractivity contribution in [3.05, 3.63) is 23.8 Å². The molecule has 0 amide bonds. The number of hydrogen-bond donors (Lipinski definition) is 1. The predicted octanol–water partition coefficient (Wildman–Crippen LogP) is 2.57. The van der Waals surface area contributed by atoms with E-state index in [4.69, 9.17) is 14.6 Å². The minimum Gasteiger partial charge on any atom is -0.494 e. The van der Waals surface area contributed by atoms with Gasteiger partial charge < -0.3 is 14.6 Å². The Morgan fingerprint density at radius 1 is 1.31 bits per heavy atom. The van der Waals surface area contributed by atoms with Crippen LogP contribution in [-0.4, -0.2) is 24.3 Å². The van der Waals surface area contributed by atoms with Crippen molar-refractivity contribution in [2.45, 2.75) is 20.3 Å². The molecular weight excluding hydrogens is 208 g/mol. The fourth-order valence-corrected chi connectivity index (χ4v) is 1.27. The maximum Gasteiger partial charge on any atom is 0.339 e. The zero-order valence-corrected chi connectivity index (χ0v) is 9.53. The molecular formula is C12H16O4. The summed E-state index contributed by atoms with van der Waals surface area (Å²) in [5.74, 6) is -0.00643. The van der Waals surface area contributed by atoms with Crippen molar-refractivity contribution in [1.82, 2.24) is 0 Å². The van der Waals surface area contributed by atoms with Crippen LogP contribution in [0.15, 0.2) is 18.2 Å². The Morgan fingerprint density at radius 2 is 2.06 bits per heavy atom. The largest absolute Gasteiger partial charge is 0.494 e. The van der Waals surface area contributed by atoms with Crippen molar-refractivity contribution < 1.29 is 19.4 Å². The SMILES string of the molecule is CCCOc1cc(OCC)ccc1C(=O)O. The van der Waals surface area contributed by atoms with Gasteiger partial charge in [-0.3, -0.25) is 0 Å². The van der Waals surface area contributed by atoms with Gasteiger partial charge in [-0.2, -0.15) is 0 Å². The van der Waals surface area contributed by atoms with Crippen LogP contribution in [0.5, 0.6) is 11.5 Å². The topological polar surface area (TPSA) is 55.8 Å². The van der Waals surface area contributed by atoms with Gasteiger partial charge in [0.2, 0.25) is 0 Å². The molecule has 0 fully saturated rings. The first-order chi connectivity index (χ1) is 7.69. The number of carboxylic acid groups (broad SMARTS) is 1. The summed E-state index contributed by atoms with van der Waals surface area (Å²) in [7, 11) is 0. The van der Waals surface area contributed by atoms with Crippen molar-refractivity contribution in [3.63, 3.8) is 0 Å². The second-order valence-corrected chi connectivity index (χ2v) is 3.24. The van der Waals surface area contributed by atoms with Gasteiger partial charge in [0, 0.05) is 6.07 Å². The minimum atomic E-state index is -0.992. The molecule has 0 aliphatic rings. The zero-order valence-electron chi connectivity index (χ0n) is 9.53. The van der Waals surface area contributed by atoms with E-state index in [1.165, 1.54) is 6.07 Å². The number of rotatable bonds is 6. The third-order valence-corrected chi connectivity index (χ3v) is 1.96. The molecule has 0 heterocycles. The molecule has 16 heavy (non-hydrogen) atoms. The lowest BCUT2D eigenvalue weighted by molar-refractivity contribution is 0.0692. The number of hydrogen-bond acceptors (Lipinski definition) is 3. The quantitative estimate of drug-likeness (QED) is 0.806. The van der Waals surface area contributed by atoms with Crippen molar-refractivity contribution in [1.29, 1.82) is 0 Å². The van der Waals surface area contributed by atoms with Crippen LogP contribution in [0.1, 0.15) is 30.6 Å². The van der Waals surface area contributed by atoms with Gasteiger partial charge in [0.05, 0.1) is 13.2 Å².